The van der Waals surface area contributed by atoms with Crippen LogP contribution in [0.1, 0.15) is 18.4 Å². The Morgan fingerprint density at radius 3 is 1.67 bits per heavy atom. The Morgan fingerprint density at radius 2 is 1.11 bits per heavy atom. The first-order valence-electron chi connectivity index (χ1n) is 9.43. The predicted octanol–water partition coefficient (Wildman–Crippen LogP) is 6.00. The van der Waals surface area contributed by atoms with Gasteiger partial charge in [-0.1, -0.05) is 35.9 Å². The molecule has 3 heteroatoms. The molecule has 0 aromatic heterocycles. The molecular formula is C24H27NO2. The number of rotatable bonds is 9. The van der Waals surface area contributed by atoms with Crippen molar-refractivity contribution in [2.45, 2.75) is 19.8 Å². The van der Waals surface area contributed by atoms with Crippen LogP contribution in [0.3, 0.4) is 0 Å². The minimum atomic E-state index is 0.700. The number of hydrogen-bond donors (Lipinski definition) is 0. The van der Waals surface area contributed by atoms with Crippen molar-refractivity contribution in [3.63, 3.8) is 0 Å². The van der Waals surface area contributed by atoms with E-state index in [0.29, 0.717) is 13.2 Å². The lowest BCUT2D eigenvalue weighted by Gasteiger charge is -2.19. The van der Waals surface area contributed by atoms with E-state index in [2.05, 4.69) is 55.3 Å². The summed E-state index contributed by atoms with van der Waals surface area (Å²) < 4.78 is 11.6. The molecule has 0 aliphatic rings. The van der Waals surface area contributed by atoms with Gasteiger partial charge in [0.25, 0.3) is 0 Å². The zero-order valence-corrected chi connectivity index (χ0v) is 16.1. The van der Waals surface area contributed by atoms with E-state index in [4.69, 9.17) is 9.47 Å². The van der Waals surface area contributed by atoms with Gasteiger partial charge in [0.1, 0.15) is 11.5 Å². The first-order chi connectivity index (χ1) is 13.2. The molecule has 0 radical (unpaired) electrons. The van der Waals surface area contributed by atoms with E-state index in [1.807, 2.05) is 42.5 Å². The van der Waals surface area contributed by atoms with Crippen LogP contribution >= 0.6 is 0 Å². The number of ether oxygens (including phenoxy) is 2. The maximum Gasteiger partial charge on any atom is 0.119 e. The maximum absolute atomic E-state index is 5.84. The molecule has 0 fully saturated rings. The molecule has 0 saturated carbocycles. The predicted molar refractivity (Wildman–Crippen MR) is 112 cm³/mol. The van der Waals surface area contributed by atoms with Crippen molar-refractivity contribution >= 4 is 11.4 Å². The fourth-order valence-electron chi connectivity index (χ4n) is 2.79. The molecule has 3 rings (SSSR count). The van der Waals surface area contributed by atoms with Crippen molar-refractivity contribution < 1.29 is 9.47 Å². The van der Waals surface area contributed by atoms with Gasteiger partial charge in [0.15, 0.2) is 0 Å². The van der Waals surface area contributed by atoms with E-state index in [1.54, 1.807) is 0 Å². The van der Waals surface area contributed by atoms with E-state index >= 15 is 0 Å². The van der Waals surface area contributed by atoms with Gasteiger partial charge < -0.3 is 14.4 Å². The highest BCUT2D eigenvalue weighted by molar-refractivity contribution is 5.62. The molecule has 0 bridgehead atoms. The van der Waals surface area contributed by atoms with Crippen molar-refractivity contribution in [2.75, 3.05) is 25.2 Å². The molecule has 0 atom stereocenters. The average molecular weight is 361 g/mol. The van der Waals surface area contributed by atoms with E-state index < -0.39 is 0 Å². The van der Waals surface area contributed by atoms with E-state index in [1.165, 1.54) is 11.3 Å². The topological polar surface area (TPSA) is 21.7 Å². The molecule has 0 aliphatic heterocycles. The standard InChI is InChI=1S/C24H27NO2/c1-20-10-14-23(15-11-20)26-18-6-7-19-27-24-16-12-22(13-17-24)25(2)21-8-4-3-5-9-21/h3-5,8-17H,6-7,18-19H2,1-2H3. The normalized spacial score (nSPS) is 10.4. The highest BCUT2D eigenvalue weighted by Crippen LogP contribution is 2.25. The Kier molecular flexibility index (Phi) is 6.75. The highest BCUT2D eigenvalue weighted by Gasteiger charge is 2.03. The van der Waals surface area contributed by atoms with Crippen molar-refractivity contribution in [1.82, 2.24) is 0 Å². The molecule has 140 valence electrons. The van der Waals surface area contributed by atoms with E-state index in [9.17, 15) is 0 Å². The third kappa shape index (κ3) is 5.78. The molecule has 0 saturated heterocycles. The SMILES string of the molecule is Cc1ccc(OCCCCOc2ccc(N(C)c3ccccc3)cc2)cc1. The van der Waals surface area contributed by atoms with Crippen LogP contribution in [0.4, 0.5) is 11.4 Å². The van der Waals surface area contributed by atoms with Crippen molar-refractivity contribution in [3.8, 4) is 11.5 Å². The molecule has 0 unspecified atom stereocenters. The number of nitrogens with zero attached hydrogens (tertiary/aromatic N) is 1. The zero-order valence-electron chi connectivity index (χ0n) is 16.1. The molecule has 27 heavy (non-hydrogen) atoms. The van der Waals surface area contributed by atoms with Gasteiger partial charge >= 0.3 is 0 Å². The smallest absolute Gasteiger partial charge is 0.119 e. The molecule has 3 aromatic rings. The minimum absolute atomic E-state index is 0.700. The number of para-hydroxylation sites is 1. The molecule has 0 N–H and O–H groups in total. The summed E-state index contributed by atoms with van der Waals surface area (Å²) in [6.45, 7) is 3.49. The van der Waals surface area contributed by atoms with Gasteiger partial charge in [0.2, 0.25) is 0 Å². The van der Waals surface area contributed by atoms with Crippen LogP contribution in [0.25, 0.3) is 0 Å². The second-order valence-corrected chi connectivity index (χ2v) is 6.61. The van der Waals surface area contributed by atoms with E-state index in [0.717, 1.165) is 30.0 Å². The van der Waals surface area contributed by atoms with Gasteiger partial charge in [0.05, 0.1) is 13.2 Å². The van der Waals surface area contributed by atoms with Crippen molar-refractivity contribution in [3.05, 3.63) is 84.4 Å². The van der Waals surface area contributed by atoms with Crippen LogP contribution in [-0.4, -0.2) is 20.3 Å². The summed E-state index contributed by atoms with van der Waals surface area (Å²) in [7, 11) is 2.07. The fourth-order valence-corrected chi connectivity index (χ4v) is 2.79. The van der Waals surface area contributed by atoms with Gasteiger partial charge in [-0.3, -0.25) is 0 Å². The average Bonchev–Trinajstić information content (AvgIpc) is 2.72. The molecule has 0 aliphatic carbocycles. The van der Waals surface area contributed by atoms with Gasteiger partial charge in [-0.15, -0.1) is 0 Å². The Bertz CT molecular complexity index is 798. The first-order valence-corrected chi connectivity index (χ1v) is 9.43. The lowest BCUT2D eigenvalue weighted by atomic mass is 10.2. The quantitative estimate of drug-likeness (QED) is 0.436. The molecule has 0 amide bonds. The molecular weight excluding hydrogens is 334 g/mol. The Morgan fingerprint density at radius 1 is 0.630 bits per heavy atom. The lowest BCUT2D eigenvalue weighted by Crippen LogP contribution is -2.09. The number of aryl methyl sites for hydroxylation is 1. The Balaban J connectivity index is 1.37. The fraction of sp³-hybridized carbons (Fsp3) is 0.250. The summed E-state index contributed by atoms with van der Waals surface area (Å²) in [6, 6.07) is 26.7. The van der Waals surface area contributed by atoms with Gasteiger partial charge in [0, 0.05) is 18.4 Å². The lowest BCUT2D eigenvalue weighted by molar-refractivity contribution is 0.266. The summed E-state index contributed by atoms with van der Waals surface area (Å²) in [5, 5.41) is 0. The van der Waals surface area contributed by atoms with Crippen LogP contribution in [0.2, 0.25) is 0 Å². The van der Waals surface area contributed by atoms with Gasteiger partial charge in [-0.05, 0) is 68.3 Å². The van der Waals surface area contributed by atoms with Gasteiger partial charge in [-0.2, -0.15) is 0 Å². The summed E-state index contributed by atoms with van der Waals surface area (Å²) in [4.78, 5) is 2.16. The second-order valence-electron chi connectivity index (χ2n) is 6.61. The summed E-state index contributed by atoms with van der Waals surface area (Å²) in [6.07, 6.45) is 1.94. The Hall–Kier alpha value is -2.94. The van der Waals surface area contributed by atoms with Gasteiger partial charge in [-0.25, -0.2) is 0 Å². The zero-order chi connectivity index (χ0) is 18.9. The molecule has 0 spiro atoms. The maximum atomic E-state index is 5.84. The summed E-state index contributed by atoms with van der Waals surface area (Å²) >= 11 is 0. The van der Waals surface area contributed by atoms with Crippen molar-refractivity contribution in [2.24, 2.45) is 0 Å². The number of benzene rings is 3. The highest BCUT2D eigenvalue weighted by atomic mass is 16.5. The van der Waals surface area contributed by atoms with Crippen molar-refractivity contribution in [1.29, 1.82) is 0 Å². The van der Waals surface area contributed by atoms with Crippen LogP contribution in [0.15, 0.2) is 78.9 Å². The minimum Gasteiger partial charge on any atom is -0.494 e. The molecule has 3 nitrogen and oxygen atoms in total. The van der Waals surface area contributed by atoms with Crippen LogP contribution in [0.5, 0.6) is 11.5 Å². The number of hydrogen-bond acceptors (Lipinski definition) is 3. The number of anilines is 2. The second kappa shape index (κ2) is 9.67. The third-order valence-electron chi connectivity index (χ3n) is 4.46. The molecule has 3 aromatic carbocycles. The van der Waals surface area contributed by atoms with E-state index in [-0.39, 0.29) is 0 Å². The first kappa shape index (κ1) is 18.8. The molecule has 0 heterocycles. The van der Waals surface area contributed by atoms with Crippen LogP contribution < -0.4 is 14.4 Å². The largest absolute Gasteiger partial charge is 0.494 e. The van der Waals surface area contributed by atoms with Crippen LogP contribution in [-0.2, 0) is 0 Å². The Labute approximate surface area is 162 Å². The van der Waals surface area contributed by atoms with Crippen LogP contribution in [0, 0.1) is 6.92 Å². The third-order valence-corrected chi connectivity index (χ3v) is 4.46. The monoisotopic (exact) mass is 361 g/mol. The summed E-state index contributed by atoms with van der Waals surface area (Å²) in [5.74, 6) is 1.83. The number of unbranched alkanes of at least 4 members (excludes halogenated alkanes) is 1. The summed E-state index contributed by atoms with van der Waals surface area (Å²) in [5.41, 5.74) is 3.55.